The third kappa shape index (κ3) is 10.4. The molecule has 0 heterocycles. The summed E-state index contributed by atoms with van der Waals surface area (Å²) in [6.45, 7) is -4.85. The average molecular weight is 778 g/mol. The maximum atomic E-state index is 14.4. The first-order valence-electron chi connectivity index (χ1n) is 14.4. The van der Waals surface area contributed by atoms with Crippen molar-refractivity contribution in [3.05, 3.63) is 81.4 Å². The molecule has 0 saturated heterocycles. The summed E-state index contributed by atoms with van der Waals surface area (Å²) in [5, 5.41) is 0. The highest BCUT2D eigenvalue weighted by atomic mass is 19.2. The van der Waals surface area contributed by atoms with Gasteiger partial charge in [-0.3, -0.25) is 0 Å². The number of ether oxygens (including phenoxy) is 8. The van der Waals surface area contributed by atoms with Crippen LogP contribution in [0.5, 0.6) is 23.0 Å². The van der Waals surface area contributed by atoms with Crippen molar-refractivity contribution < 1.29 is 99.4 Å². The molecule has 3 aromatic carbocycles. The molecule has 22 heteroatoms. The van der Waals surface area contributed by atoms with Crippen molar-refractivity contribution in [3.8, 4) is 23.0 Å². The predicted molar refractivity (Wildman–Crippen MR) is 144 cm³/mol. The summed E-state index contributed by atoms with van der Waals surface area (Å²) in [6.07, 6.45) is 0. The van der Waals surface area contributed by atoms with Gasteiger partial charge in [0.05, 0.1) is 52.9 Å². The van der Waals surface area contributed by atoms with E-state index in [9.17, 15) is 61.5 Å². The Labute approximate surface area is 283 Å². The van der Waals surface area contributed by atoms with E-state index in [1.165, 1.54) is 0 Å². The molecule has 0 spiro atoms. The van der Waals surface area contributed by atoms with Crippen LogP contribution in [0, 0.1) is 81.4 Å². The first-order valence-corrected chi connectivity index (χ1v) is 14.4. The van der Waals surface area contributed by atoms with Gasteiger partial charge in [-0.2, -0.15) is 35.1 Å². The Balaban J connectivity index is 1.28. The lowest BCUT2D eigenvalue weighted by Crippen LogP contribution is -2.16. The van der Waals surface area contributed by atoms with Gasteiger partial charge in [0.25, 0.3) is 0 Å². The molecule has 52 heavy (non-hydrogen) atoms. The molecule has 0 N–H and O–H groups in total. The fourth-order valence-electron chi connectivity index (χ4n) is 3.72. The Morgan fingerprint density at radius 2 is 0.327 bits per heavy atom. The first-order chi connectivity index (χ1) is 24.7. The Bertz CT molecular complexity index is 1470. The molecule has 0 fully saturated rings. The van der Waals surface area contributed by atoms with Crippen molar-refractivity contribution in [3.63, 3.8) is 0 Å². The Kier molecular flexibility index (Phi) is 16.3. The van der Waals surface area contributed by atoms with Gasteiger partial charge in [0.1, 0.15) is 26.4 Å². The van der Waals surface area contributed by atoms with Gasteiger partial charge in [-0.05, 0) is 0 Å². The van der Waals surface area contributed by atoms with Crippen LogP contribution in [-0.2, 0) is 18.9 Å². The molecular weight excluding hydrogens is 754 g/mol. The van der Waals surface area contributed by atoms with Crippen molar-refractivity contribution in [2.24, 2.45) is 0 Å². The molecule has 0 aliphatic heterocycles. The van der Waals surface area contributed by atoms with E-state index in [1.54, 1.807) is 0 Å². The highest BCUT2D eigenvalue weighted by Gasteiger charge is 2.29. The van der Waals surface area contributed by atoms with Crippen LogP contribution in [0.15, 0.2) is 0 Å². The van der Waals surface area contributed by atoms with Gasteiger partial charge in [-0.15, -0.1) is 0 Å². The van der Waals surface area contributed by atoms with Gasteiger partial charge in [-0.1, -0.05) is 0 Å². The van der Waals surface area contributed by atoms with Gasteiger partial charge in [0.2, 0.25) is 81.4 Å². The number of halogens is 14. The van der Waals surface area contributed by atoms with Gasteiger partial charge in [0, 0.05) is 0 Å². The minimum atomic E-state index is -2.35. The van der Waals surface area contributed by atoms with Crippen molar-refractivity contribution in [1.82, 2.24) is 0 Å². The maximum absolute atomic E-state index is 14.4. The molecule has 8 nitrogen and oxygen atoms in total. The summed E-state index contributed by atoms with van der Waals surface area (Å²) in [5.74, 6) is -35.7. The van der Waals surface area contributed by atoms with E-state index < -0.39 is 131 Å². The zero-order valence-corrected chi connectivity index (χ0v) is 26.0. The highest BCUT2D eigenvalue weighted by molar-refractivity contribution is 5.38. The molecule has 0 saturated carbocycles. The second-order valence-corrected chi connectivity index (χ2v) is 9.56. The van der Waals surface area contributed by atoms with E-state index in [0.29, 0.717) is 0 Å². The number of hydrogen-bond donors (Lipinski definition) is 0. The summed E-state index contributed by atoms with van der Waals surface area (Å²) in [7, 11) is 0. The van der Waals surface area contributed by atoms with Crippen molar-refractivity contribution >= 4 is 0 Å². The Morgan fingerprint density at radius 1 is 0.192 bits per heavy atom. The molecule has 0 aliphatic carbocycles. The molecule has 0 radical (unpaired) electrons. The molecule has 0 bridgehead atoms. The molecule has 0 atom stereocenters. The van der Waals surface area contributed by atoms with Gasteiger partial charge >= 0.3 is 0 Å². The third-order valence-electron chi connectivity index (χ3n) is 6.16. The summed E-state index contributed by atoms with van der Waals surface area (Å²) < 4.78 is 229. The molecular formula is C30H24F14O8. The zero-order chi connectivity index (χ0) is 38.5. The molecule has 0 amide bonds. The van der Waals surface area contributed by atoms with Gasteiger partial charge in [-0.25, -0.2) is 26.3 Å². The van der Waals surface area contributed by atoms with Crippen LogP contribution >= 0.6 is 0 Å². The molecule has 3 rings (SSSR count). The van der Waals surface area contributed by atoms with Gasteiger partial charge in [0.15, 0.2) is 23.0 Å². The lowest BCUT2D eigenvalue weighted by molar-refractivity contribution is 0.0247. The lowest BCUT2D eigenvalue weighted by atomic mass is 10.2. The van der Waals surface area contributed by atoms with E-state index in [0.717, 1.165) is 0 Å². The summed E-state index contributed by atoms with van der Waals surface area (Å²) in [5.41, 5.74) is 0. The average Bonchev–Trinajstić information content (AvgIpc) is 3.13. The highest BCUT2D eigenvalue weighted by Crippen LogP contribution is 2.35. The fraction of sp³-hybridized carbons (Fsp3) is 0.400. The largest absolute Gasteiger partial charge is 0.485 e. The number of benzene rings is 3. The smallest absolute Gasteiger partial charge is 0.207 e. The van der Waals surface area contributed by atoms with Crippen LogP contribution in [0.4, 0.5) is 61.5 Å². The minimum absolute atomic E-state index is 0.208. The van der Waals surface area contributed by atoms with Crippen molar-refractivity contribution in [2.45, 2.75) is 0 Å². The second-order valence-electron chi connectivity index (χ2n) is 9.56. The van der Waals surface area contributed by atoms with Crippen LogP contribution in [0.1, 0.15) is 0 Å². The normalized spacial score (nSPS) is 11.3. The molecule has 3 aromatic rings. The molecule has 0 unspecified atom stereocenters. The standard InChI is InChI=1S/C30H24F14O8/c31-13-15(33)19(37)27(20(38)16(13)34)49-9-5-45-1-3-47-7-11-51-29-23(41)25(43)30(26(44)24(29)42)52-12-8-48-4-2-46-6-10-50-28-21(39)17(35)14(32)18(36)22(28)40/h1-12H2. The molecule has 0 aromatic heterocycles. The molecule has 0 aliphatic rings. The predicted octanol–water partition coefficient (Wildman–Crippen LogP) is 6.62. The third-order valence-corrected chi connectivity index (χ3v) is 6.16. The SMILES string of the molecule is Fc1c(F)c(F)c(OCCOCCOCCOc2c(F)c(F)c(OCCOCCOCCOc3c(F)c(F)c(F)c(F)c3F)c(F)c2F)c(F)c1F. The summed E-state index contributed by atoms with van der Waals surface area (Å²) >= 11 is 0. The van der Waals surface area contributed by atoms with E-state index in [1.807, 2.05) is 0 Å². The van der Waals surface area contributed by atoms with E-state index in [-0.39, 0.29) is 52.9 Å². The van der Waals surface area contributed by atoms with Crippen LogP contribution in [0.2, 0.25) is 0 Å². The fourth-order valence-corrected chi connectivity index (χ4v) is 3.72. The lowest BCUT2D eigenvalue weighted by Gasteiger charge is -2.14. The minimum Gasteiger partial charge on any atom is -0.485 e. The maximum Gasteiger partial charge on any atom is 0.207 e. The van der Waals surface area contributed by atoms with E-state index >= 15 is 0 Å². The van der Waals surface area contributed by atoms with Crippen molar-refractivity contribution in [2.75, 3.05) is 79.3 Å². The number of hydrogen-bond acceptors (Lipinski definition) is 8. The van der Waals surface area contributed by atoms with Crippen LogP contribution in [0.3, 0.4) is 0 Å². The monoisotopic (exact) mass is 778 g/mol. The number of rotatable bonds is 22. The quantitative estimate of drug-likeness (QED) is 0.0489. The molecule has 290 valence electrons. The van der Waals surface area contributed by atoms with E-state index in [2.05, 4.69) is 9.47 Å². The Morgan fingerprint density at radius 3 is 0.519 bits per heavy atom. The van der Waals surface area contributed by atoms with Crippen molar-refractivity contribution in [1.29, 1.82) is 0 Å². The summed E-state index contributed by atoms with van der Waals surface area (Å²) in [4.78, 5) is 0. The second kappa shape index (κ2) is 20.1. The van der Waals surface area contributed by atoms with Gasteiger partial charge < -0.3 is 37.9 Å². The first kappa shape index (κ1) is 42.1. The topological polar surface area (TPSA) is 73.8 Å². The zero-order valence-electron chi connectivity index (χ0n) is 26.0. The van der Waals surface area contributed by atoms with E-state index in [4.69, 9.17) is 28.4 Å². The van der Waals surface area contributed by atoms with Crippen LogP contribution in [0.25, 0.3) is 0 Å². The Hall–Kier alpha value is -4.28. The summed E-state index contributed by atoms with van der Waals surface area (Å²) in [6, 6.07) is 0. The van der Waals surface area contributed by atoms with Crippen LogP contribution in [-0.4, -0.2) is 79.3 Å². The van der Waals surface area contributed by atoms with Crippen LogP contribution < -0.4 is 18.9 Å².